The number of carbonyl (C=O) groups excluding carboxylic acids is 2. The Balaban J connectivity index is 1.67. The van der Waals surface area contributed by atoms with Gasteiger partial charge < -0.3 is 0 Å². The maximum absolute atomic E-state index is 13.7. The summed E-state index contributed by atoms with van der Waals surface area (Å²) >= 11 is 0. The quantitative estimate of drug-likeness (QED) is 0.622. The molecule has 2 heterocycles. The molecule has 0 N–H and O–H groups in total. The highest BCUT2D eigenvalue weighted by molar-refractivity contribution is 6.07. The molecule has 144 valence electrons. The molecular weight excluding hydrogens is 360 g/mol. The van der Waals surface area contributed by atoms with Crippen LogP contribution in [0.15, 0.2) is 78.9 Å². The molecule has 2 amide bonds. The van der Waals surface area contributed by atoms with Crippen molar-refractivity contribution in [3.8, 4) is 0 Å². The van der Waals surface area contributed by atoms with Gasteiger partial charge in [0.25, 0.3) is 11.8 Å². The number of hydrazine groups is 1. The third-order valence-electron chi connectivity index (χ3n) is 6.06. The smallest absolute Gasteiger partial charge is 0.272 e. The zero-order valence-corrected chi connectivity index (χ0v) is 16.3. The number of benzene rings is 3. The van der Waals surface area contributed by atoms with Gasteiger partial charge in [0, 0.05) is 12.1 Å². The molecule has 3 aromatic rings. The summed E-state index contributed by atoms with van der Waals surface area (Å²) in [6, 6.07) is 25.1. The first-order chi connectivity index (χ1) is 14.2. The highest BCUT2D eigenvalue weighted by Gasteiger charge is 2.52. The van der Waals surface area contributed by atoms with Gasteiger partial charge >= 0.3 is 0 Å². The Morgan fingerprint density at radius 3 is 2.31 bits per heavy atom. The van der Waals surface area contributed by atoms with E-state index in [2.05, 4.69) is 25.1 Å². The van der Waals surface area contributed by atoms with Crippen molar-refractivity contribution < 1.29 is 9.59 Å². The number of imide groups is 1. The van der Waals surface area contributed by atoms with Gasteiger partial charge in [-0.2, -0.15) is 0 Å². The Labute approximate surface area is 170 Å². The summed E-state index contributed by atoms with van der Waals surface area (Å²) in [6.07, 6.45) is 0.820. The van der Waals surface area contributed by atoms with Gasteiger partial charge in [0.1, 0.15) is 0 Å². The number of amides is 2. The zero-order valence-electron chi connectivity index (χ0n) is 16.3. The summed E-state index contributed by atoms with van der Waals surface area (Å²) in [5.74, 6) is -0.800. The normalized spacial score (nSPS) is 21.0. The summed E-state index contributed by atoms with van der Waals surface area (Å²) in [4.78, 5) is 27.0. The number of hydrogen-bond donors (Lipinski definition) is 0. The predicted molar refractivity (Wildman–Crippen MR) is 111 cm³/mol. The molecule has 2 atom stereocenters. The second-order valence-electron chi connectivity index (χ2n) is 7.72. The monoisotopic (exact) mass is 382 g/mol. The molecule has 4 heteroatoms. The number of nitrogens with zero attached hydrogens (tertiary/aromatic N) is 2. The minimum atomic E-state index is -0.399. The Morgan fingerprint density at radius 1 is 0.897 bits per heavy atom. The summed E-state index contributed by atoms with van der Waals surface area (Å²) < 4.78 is 0. The number of rotatable bonds is 2. The van der Waals surface area contributed by atoms with Gasteiger partial charge in [-0.1, -0.05) is 66.7 Å². The average molecular weight is 382 g/mol. The Morgan fingerprint density at radius 2 is 1.59 bits per heavy atom. The lowest BCUT2D eigenvalue weighted by molar-refractivity contribution is -0.134. The van der Waals surface area contributed by atoms with Crippen molar-refractivity contribution in [3.05, 3.63) is 107 Å². The first kappa shape index (κ1) is 17.8. The van der Waals surface area contributed by atoms with E-state index >= 15 is 0 Å². The van der Waals surface area contributed by atoms with Gasteiger partial charge in [-0.15, -0.1) is 0 Å². The van der Waals surface area contributed by atoms with Gasteiger partial charge in [-0.3, -0.25) is 9.59 Å². The van der Waals surface area contributed by atoms with Crippen LogP contribution in [0.25, 0.3) is 0 Å². The molecule has 1 saturated heterocycles. The fourth-order valence-corrected chi connectivity index (χ4v) is 4.77. The summed E-state index contributed by atoms with van der Waals surface area (Å²) in [7, 11) is 0. The number of aryl methyl sites for hydroxylation is 1. The molecule has 1 fully saturated rings. The van der Waals surface area contributed by atoms with Crippen molar-refractivity contribution in [2.45, 2.75) is 25.3 Å². The van der Waals surface area contributed by atoms with Crippen molar-refractivity contribution in [2.24, 2.45) is 0 Å². The molecule has 5 rings (SSSR count). The van der Waals surface area contributed by atoms with E-state index in [1.807, 2.05) is 53.5 Å². The van der Waals surface area contributed by atoms with Crippen LogP contribution < -0.4 is 0 Å². The zero-order chi connectivity index (χ0) is 20.0. The summed E-state index contributed by atoms with van der Waals surface area (Å²) in [5.41, 5.74) is 5.11. The fourth-order valence-electron chi connectivity index (χ4n) is 4.77. The number of fused-ring (bicyclic) bond motifs is 3. The van der Waals surface area contributed by atoms with Crippen LogP contribution >= 0.6 is 0 Å². The van der Waals surface area contributed by atoms with Gasteiger partial charge in [0.2, 0.25) is 0 Å². The Kier molecular flexibility index (Phi) is 4.29. The number of hydrogen-bond acceptors (Lipinski definition) is 3. The fraction of sp³-hybridized carbons (Fsp3) is 0.200. The summed E-state index contributed by atoms with van der Waals surface area (Å²) in [6.45, 7) is 2.74. The lowest BCUT2D eigenvalue weighted by Gasteiger charge is -2.37. The van der Waals surface area contributed by atoms with E-state index in [1.54, 1.807) is 12.1 Å². The van der Waals surface area contributed by atoms with Gasteiger partial charge in [-0.25, -0.2) is 10.0 Å². The molecule has 0 aliphatic carbocycles. The van der Waals surface area contributed by atoms with E-state index in [-0.39, 0.29) is 17.9 Å². The van der Waals surface area contributed by atoms with Crippen LogP contribution in [0.4, 0.5) is 0 Å². The second kappa shape index (κ2) is 6.98. The van der Waals surface area contributed by atoms with E-state index < -0.39 is 5.92 Å². The van der Waals surface area contributed by atoms with E-state index in [4.69, 9.17) is 0 Å². The highest BCUT2D eigenvalue weighted by Crippen LogP contribution is 2.48. The van der Waals surface area contributed by atoms with Crippen LogP contribution in [0.3, 0.4) is 0 Å². The van der Waals surface area contributed by atoms with Crippen LogP contribution in [0.5, 0.6) is 0 Å². The van der Waals surface area contributed by atoms with Gasteiger partial charge in [0.15, 0.2) is 0 Å². The standard InChI is InChI=1S/C25H22N2O2/c1-17-9-8-14-19-15-16-26-23(21(17)19)22(18-10-4-2-5-11-18)25(29)27(26)24(28)20-12-6-3-7-13-20/h2-14,22-23H,15-16H2,1H3/t22-,23-/m0/s1. The van der Waals surface area contributed by atoms with Crippen LogP contribution in [-0.2, 0) is 11.2 Å². The van der Waals surface area contributed by atoms with Crippen molar-refractivity contribution >= 4 is 11.8 Å². The molecule has 29 heavy (non-hydrogen) atoms. The van der Waals surface area contributed by atoms with Crippen LogP contribution in [0.1, 0.15) is 44.6 Å². The molecule has 0 aromatic heterocycles. The number of carbonyl (C=O) groups is 2. The van der Waals surface area contributed by atoms with Crippen LogP contribution in [0.2, 0.25) is 0 Å². The Bertz CT molecular complexity index is 1080. The first-order valence-electron chi connectivity index (χ1n) is 10.00. The van der Waals surface area contributed by atoms with Crippen molar-refractivity contribution in [1.29, 1.82) is 0 Å². The van der Waals surface area contributed by atoms with Crippen molar-refractivity contribution in [1.82, 2.24) is 10.0 Å². The molecule has 2 aliphatic rings. The summed E-state index contributed by atoms with van der Waals surface area (Å²) in [5, 5.41) is 3.39. The minimum Gasteiger partial charge on any atom is -0.272 e. The van der Waals surface area contributed by atoms with E-state index in [0.29, 0.717) is 12.1 Å². The molecule has 0 spiro atoms. The molecular formula is C25H22N2O2. The molecule has 0 saturated carbocycles. The molecule has 2 aliphatic heterocycles. The molecule has 4 nitrogen and oxygen atoms in total. The topological polar surface area (TPSA) is 40.6 Å². The largest absolute Gasteiger partial charge is 0.275 e. The van der Waals surface area contributed by atoms with Crippen molar-refractivity contribution in [2.75, 3.05) is 6.54 Å². The van der Waals surface area contributed by atoms with Crippen LogP contribution in [0, 0.1) is 6.92 Å². The van der Waals surface area contributed by atoms with Gasteiger partial charge in [0.05, 0.1) is 12.0 Å². The minimum absolute atomic E-state index is 0.147. The average Bonchev–Trinajstić information content (AvgIpc) is 3.06. The van der Waals surface area contributed by atoms with Crippen LogP contribution in [-0.4, -0.2) is 28.4 Å². The highest BCUT2D eigenvalue weighted by atomic mass is 16.2. The third-order valence-corrected chi connectivity index (χ3v) is 6.06. The van der Waals surface area contributed by atoms with E-state index in [9.17, 15) is 9.59 Å². The maximum atomic E-state index is 13.7. The molecule has 0 bridgehead atoms. The third kappa shape index (κ3) is 2.79. The molecule has 0 unspecified atom stereocenters. The van der Waals surface area contributed by atoms with Gasteiger partial charge in [-0.05, 0) is 47.7 Å². The SMILES string of the molecule is Cc1cccc2c1[C@H]1[C@H](c3ccccc3)C(=O)N(C(=O)c3ccccc3)N1CC2. The lowest BCUT2D eigenvalue weighted by Crippen LogP contribution is -2.46. The van der Waals surface area contributed by atoms with E-state index in [1.165, 1.54) is 21.7 Å². The Hall–Kier alpha value is -3.24. The van der Waals surface area contributed by atoms with E-state index in [0.717, 1.165) is 12.0 Å². The maximum Gasteiger partial charge on any atom is 0.275 e. The lowest BCUT2D eigenvalue weighted by atomic mass is 9.81. The molecule has 3 aromatic carbocycles. The first-order valence-corrected chi connectivity index (χ1v) is 10.00. The second-order valence-corrected chi connectivity index (χ2v) is 7.72. The molecule has 0 radical (unpaired) electrons. The van der Waals surface area contributed by atoms with Crippen molar-refractivity contribution in [3.63, 3.8) is 0 Å². The predicted octanol–water partition coefficient (Wildman–Crippen LogP) is 4.28.